The number of thiocarbonyl (C=S) groups is 1. The zero-order valence-corrected chi connectivity index (χ0v) is 13.6. The van der Waals surface area contributed by atoms with Crippen LogP contribution in [0.15, 0.2) is 54.7 Å². The number of anilines is 1. The van der Waals surface area contributed by atoms with Gasteiger partial charge in [0.05, 0.1) is 11.2 Å². The number of hydrogen-bond acceptors (Lipinski definition) is 4. The Morgan fingerprint density at radius 3 is 2.92 bits per heavy atom. The van der Waals surface area contributed by atoms with Crippen LogP contribution < -0.4 is 20.1 Å². The van der Waals surface area contributed by atoms with Crippen molar-refractivity contribution in [2.75, 3.05) is 12.1 Å². The van der Waals surface area contributed by atoms with Gasteiger partial charge < -0.3 is 20.1 Å². The van der Waals surface area contributed by atoms with Gasteiger partial charge in [-0.05, 0) is 42.0 Å². The summed E-state index contributed by atoms with van der Waals surface area (Å²) in [5.74, 6) is 1.55. The van der Waals surface area contributed by atoms with Crippen molar-refractivity contribution in [1.82, 2.24) is 10.3 Å². The molecular weight excluding hydrogens is 322 g/mol. The van der Waals surface area contributed by atoms with Crippen molar-refractivity contribution in [2.45, 2.75) is 6.54 Å². The van der Waals surface area contributed by atoms with Gasteiger partial charge in [-0.2, -0.15) is 0 Å². The standard InChI is InChI=1S/C18H15N3O2S/c24-18(20-10-12-6-7-15-16(9-12)23-11-22-15)21-14-5-1-3-13-4-2-8-19-17(13)14/h1-9H,10-11H2,(H2,20,21,24). The van der Waals surface area contributed by atoms with Crippen LogP contribution in [0.3, 0.4) is 0 Å². The molecule has 1 aliphatic rings. The average Bonchev–Trinajstić information content (AvgIpc) is 3.08. The van der Waals surface area contributed by atoms with Gasteiger partial charge in [0.2, 0.25) is 6.79 Å². The zero-order valence-electron chi connectivity index (χ0n) is 12.8. The molecule has 120 valence electrons. The first-order valence-corrected chi connectivity index (χ1v) is 7.97. The largest absolute Gasteiger partial charge is 0.454 e. The van der Waals surface area contributed by atoms with E-state index in [4.69, 9.17) is 21.7 Å². The van der Waals surface area contributed by atoms with Gasteiger partial charge in [-0.3, -0.25) is 4.98 Å². The molecule has 0 radical (unpaired) electrons. The predicted molar refractivity (Wildman–Crippen MR) is 97.4 cm³/mol. The number of aromatic nitrogens is 1. The quantitative estimate of drug-likeness (QED) is 0.714. The Hall–Kier alpha value is -2.86. The van der Waals surface area contributed by atoms with E-state index in [9.17, 15) is 0 Å². The summed E-state index contributed by atoms with van der Waals surface area (Å²) in [7, 11) is 0. The van der Waals surface area contributed by atoms with Crippen molar-refractivity contribution in [3.63, 3.8) is 0 Å². The molecule has 0 fully saturated rings. The van der Waals surface area contributed by atoms with E-state index >= 15 is 0 Å². The van der Waals surface area contributed by atoms with Gasteiger partial charge in [0, 0.05) is 18.1 Å². The predicted octanol–water partition coefficient (Wildman–Crippen LogP) is 3.45. The molecule has 0 saturated carbocycles. The van der Waals surface area contributed by atoms with Crippen LogP contribution in [0.1, 0.15) is 5.56 Å². The molecule has 3 aromatic rings. The maximum Gasteiger partial charge on any atom is 0.231 e. The average molecular weight is 337 g/mol. The fourth-order valence-corrected chi connectivity index (χ4v) is 2.79. The van der Waals surface area contributed by atoms with Crippen LogP contribution in [-0.4, -0.2) is 16.9 Å². The van der Waals surface area contributed by atoms with Gasteiger partial charge >= 0.3 is 0 Å². The van der Waals surface area contributed by atoms with Crippen molar-refractivity contribution in [3.8, 4) is 11.5 Å². The summed E-state index contributed by atoms with van der Waals surface area (Å²) in [5.41, 5.74) is 2.85. The van der Waals surface area contributed by atoms with E-state index in [1.807, 2.05) is 48.5 Å². The molecule has 2 heterocycles. The van der Waals surface area contributed by atoms with Crippen molar-refractivity contribution < 1.29 is 9.47 Å². The SMILES string of the molecule is S=C(NCc1ccc2c(c1)OCO2)Nc1cccc2cccnc12. The summed E-state index contributed by atoms with van der Waals surface area (Å²) in [6.45, 7) is 0.876. The molecule has 0 atom stereocenters. The van der Waals surface area contributed by atoms with Crippen molar-refractivity contribution >= 4 is 33.9 Å². The maximum absolute atomic E-state index is 5.39. The first-order valence-electron chi connectivity index (χ1n) is 7.57. The highest BCUT2D eigenvalue weighted by molar-refractivity contribution is 7.80. The van der Waals surface area contributed by atoms with Gasteiger partial charge in [0.15, 0.2) is 16.6 Å². The second-order valence-corrected chi connectivity index (χ2v) is 5.78. The summed E-state index contributed by atoms with van der Waals surface area (Å²) in [6, 6.07) is 15.8. The van der Waals surface area contributed by atoms with Crippen LogP contribution in [0.4, 0.5) is 5.69 Å². The van der Waals surface area contributed by atoms with E-state index in [2.05, 4.69) is 15.6 Å². The fraction of sp³-hybridized carbons (Fsp3) is 0.111. The summed E-state index contributed by atoms with van der Waals surface area (Å²) in [6.07, 6.45) is 1.77. The molecule has 24 heavy (non-hydrogen) atoms. The molecule has 0 bridgehead atoms. The fourth-order valence-electron chi connectivity index (χ4n) is 2.60. The topological polar surface area (TPSA) is 55.4 Å². The Labute approximate surface area is 144 Å². The van der Waals surface area contributed by atoms with Crippen LogP contribution in [-0.2, 0) is 6.54 Å². The van der Waals surface area contributed by atoms with E-state index in [1.54, 1.807) is 6.20 Å². The van der Waals surface area contributed by atoms with Crippen LogP contribution in [0.2, 0.25) is 0 Å². The Kier molecular flexibility index (Phi) is 3.88. The summed E-state index contributed by atoms with van der Waals surface area (Å²) in [5, 5.41) is 8.03. The Morgan fingerprint density at radius 1 is 1.08 bits per heavy atom. The lowest BCUT2D eigenvalue weighted by Crippen LogP contribution is -2.28. The van der Waals surface area contributed by atoms with Crippen molar-refractivity contribution in [3.05, 3.63) is 60.3 Å². The minimum atomic E-state index is 0.278. The normalized spacial score (nSPS) is 12.2. The van der Waals surface area contributed by atoms with Gasteiger partial charge in [0.25, 0.3) is 0 Å². The van der Waals surface area contributed by atoms with Crippen LogP contribution >= 0.6 is 12.2 Å². The lowest BCUT2D eigenvalue weighted by molar-refractivity contribution is 0.174. The molecule has 0 spiro atoms. The summed E-state index contributed by atoms with van der Waals surface area (Å²) in [4.78, 5) is 4.41. The number of ether oxygens (including phenoxy) is 2. The highest BCUT2D eigenvalue weighted by atomic mass is 32.1. The summed E-state index contributed by atoms with van der Waals surface area (Å²) < 4.78 is 10.7. The molecule has 0 amide bonds. The zero-order chi connectivity index (χ0) is 16.4. The van der Waals surface area contributed by atoms with E-state index in [1.165, 1.54) is 0 Å². The number of hydrogen-bond donors (Lipinski definition) is 2. The third kappa shape index (κ3) is 2.96. The molecule has 5 nitrogen and oxygen atoms in total. The molecule has 2 N–H and O–H groups in total. The van der Waals surface area contributed by atoms with Crippen molar-refractivity contribution in [2.24, 2.45) is 0 Å². The molecule has 1 aliphatic heterocycles. The molecule has 0 saturated heterocycles. The lowest BCUT2D eigenvalue weighted by Gasteiger charge is -2.12. The third-order valence-corrected chi connectivity index (χ3v) is 4.02. The minimum Gasteiger partial charge on any atom is -0.454 e. The number of nitrogens with one attached hydrogen (secondary N) is 2. The third-order valence-electron chi connectivity index (χ3n) is 3.77. The van der Waals surface area contributed by atoms with Gasteiger partial charge in [-0.25, -0.2) is 0 Å². The smallest absolute Gasteiger partial charge is 0.231 e. The minimum absolute atomic E-state index is 0.278. The molecule has 0 aliphatic carbocycles. The second-order valence-electron chi connectivity index (χ2n) is 5.38. The highest BCUT2D eigenvalue weighted by Gasteiger charge is 2.13. The molecular formula is C18H15N3O2S. The van der Waals surface area contributed by atoms with E-state index < -0.39 is 0 Å². The van der Waals surface area contributed by atoms with Gasteiger partial charge in [0.1, 0.15) is 0 Å². The highest BCUT2D eigenvalue weighted by Crippen LogP contribution is 2.32. The molecule has 6 heteroatoms. The van der Waals surface area contributed by atoms with E-state index in [0.29, 0.717) is 11.7 Å². The van der Waals surface area contributed by atoms with Gasteiger partial charge in [-0.15, -0.1) is 0 Å². The Morgan fingerprint density at radius 2 is 1.96 bits per heavy atom. The van der Waals surface area contributed by atoms with Crippen LogP contribution in [0.25, 0.3) is 10.9 Å². The first kappa shape index (κ1) is 14.7. The maximum atomic E-state index is 5.39. The van der Waals surface area contributed by atoms with Gasteiger partial charge in [-0.1, -0.05) is 24.3 Å². The number of fused-ring (bicyclic) bond motifs is 2. The molecule has 2 aromatic carbocycles. The summed E-state index contributed by atoms with van der Waals surface area (Å²) >= 11 is 5.39. The molecule has 4 rings (SSSR count). The second kappa shape index (κ2) is 6.33. The first-order chi connectivity index (χ1) is 11.8. The number of benzene rings is 2. The number of para-hydroxylation sites is 1. The number of rotatable bonds is 3. The van der Waals surface area contributed by atoms with Crippen LogP contribution in [0.5, 0.6) is 11.5 Å². The van der Waals surface area contributed by atoms with Crippen LogP contribution in [0, 0.1) is 0 Å². The van der Waals surface area contributed by atoms with Crippen molar-refractivity contribution in [1.29, 1.82) is 0 Å². The monoisotopic (exact) mass is 337 g/mol. The van der Waals surface area contributed by atoms with E-state index in [-0.39, 0.29) is 6.79 Å². The Balaban J connectivity index is 1.43. The molecule has 1 aromatic heterocycles. The Bertz CT molecular complexity index is 908. The molecule has 0 unspecified atom stereocenters. The number of nitrogens with zero attached hydrogens (tertiary/aromatic N) is 1. The van der Waals surface area contributed by atoms with E-state index in [0.717, 1.165) is 33.7 Å². The lowest BCUT2D eigenvalue weighted by atomic mass is 10.2. The number of pyridine rings is 1.